The lowest BCUT2D eigenvalue weighted by molar-refractivity contribution is -0.133. The smallest absolute Gasteiger partial charge is 0.233 e. The minimum atomic E-state index is -0.284. The Morgan fingerprint density at radius 1 is 1.33 bits per heavy atom. The molecular formula is C19H22ClN3O. The number of benzene rings is 1. The fourth-order valence-corrected chi connectivity index (χ4v) is 4.04. The predicted octanol–water partition coefficient (Wildman–Crippen LogP) is 3.20. The first-order valence-corrected chi connectivity index (χ1v) is 8.97. The molecule has 0 bridgehead atoms. The van der Waals surface area contributed by atoms with Crippen molar-refractivity contribution in [2.24, 2.45) is 13.0 Å². The van der Waals surface area contributed by atoms with Crippen LogP contribution in [0.2, 0.25) is 5.02 Å². The van der Waals surface area contributed by atoms with E-state index in [-0.39, 0.29) is 5.41 Å². The van der Waals surface area contributed by atoms with Crippen molar-refractivity contribution in [2.75, 3.05) is 13.1 Å². The van der Waals surface area contributed by atoms with Crippen LogP contribution in [0.3, 0.4) is 0 Å². The molecule has 4 rings (SSSR count). The van der Waals surface area contributed by atoms with E-state index in [0.717, 1.165) is 49.4 Å². The lowest BCUT2D eigenvalue weighted by Gasteiger charge is -2.23. The topological polar surface area (TPSA) is 38.1 Å². The minimum Gasteiger partial charge on any atom is -0.342 e. The zero-order valence-electron chi connectivity index (χ0n) is 13.9. The summed E-state index contributed by atoms with van der Waals surface area (Å²) in [4.78, 5) is 15.2. The molecule has 1 amide bonds. The molecule has 1 atom stereocenters. The fourth-order valence-electron chi connectivity index (χ4n) is 3.92. The first-order chi connectivity index (χ1) is 11.6. The molecule has 2 aliphatic rings. The Kier molecular flexibility index (Phi) is 3.87. The second-order valence-electron chi connectivity index (χ2n) is 7.22. The van der Waals surface area contributed by atoms with Gasteiger partial charge in [-0.1, -0.05) is 23.7 Å². The maximum Gasteiger partial charge on any atom is 0.233 e. The van der Waals surface area contributed by atoms with Crippen LogP contribution in [-0.2, 0) is 23.7 Å². The maximum absolute atomic E-state index is 13.1. The van der Waals surface area contributed by atoms with Gasteiger partial charge >= 0.3 is 0 Å². The SMILES string of the molecule is Cn1cc(C[C@@H]2CCN(C(=O)C3(c4ccc(Cl)cc4)CC3)C2)cn1. The second-order valence-corrected chi connectivity index (χ2v) is 7.66. The number of rotatable bonds is 4. The zero-order valence-corrected chi connectivity index (χ0v) is 14.7. The Morgan fingerprint density at radius 3 is 2.71 bits per heavy atom. The number of aryl methyl sites for hydroxylation is 1. The predicted molar refractivity (Wildman–Crippen MR) is 94.0 cm³/mol. The lowest BCUT2D eigenvalue weighted by atomic mass is 9.94. The first-order valence-electron chi connectivity index (χ1n) is 8.60. The van der Waals surface area contributed by atoms with E-state index in [1.165, 1.54) is 5.56 Å². The Bertz CT molecular complexity index is 748. The standard InChI is InChI=1S/C19H22ClN3O/c1-22-12-15(11-21-22)10-14-6-9-23(13-14)18(24)19(7-8-19)16-2-4-17(20)5-3-16/h2-5,11-12,14H,6-10,13H2,1H3/t14-/m0/s1. The Hall–Kier alpha value is -1.81. The fraction of sp³-hybridized carbons (Fsp3) is 0.474. The monoisotopic (exact) mass is 343 g/mol. The molecule has 1 aliphatic carbocycles. The number of nitrogens with zero attached hydrogens (tertiary/aromatic N) is 3. The molecule has 1 saturated heterocycles. The minimum absolute atomic E-state index is 0.284. The summed E-state index contributed by atoms with van der Waals surface area (Å²) in [5.41, 5.74) is 2.09. The van der Waals surface area contributed by atoms with Crippen LogP contribution in [0.4, 0.5) is 0 Å². The normalized spacial score (nSPS) is 21.9. The molecule has 126 valence electrons. The van der Waals surface area contributed by atoms with Crippen LogP contribution in [0.25, 0.3) is 0 Å². The number of halogens is 1. The summed E-state index contributed by atoms with van der Waals surface area (Å²) < 4.78 is 1.84. The van der Waals surface area contributed by atoms with Gasteiger partial charge in [0.1, 0.15) is 0 Å². The number of likely N-dealkylation sites (tertiary alicyclic amines) is 1. The van der Waals surface area contributed by atoms with Gasteiger partial charge in [-0.25, -0.2) is 0 Å². The zero-order chi connectivity index (χ0) is 16.7. The number of carbonyl (C=O) groups excluding carboxylic acids is 1. The van der Waals surface area contributed by atoms with Crippen LogP contribution in [0.5, 0.6) is 0 Å². The van der Waals surface area contributed by atoms with Gasteiger partial charge in [0, 0.05) is 31.4 Å². The van der Waals surface area contributed by atoms with E-state index < -0.39 is 0 Å². The van der Waals surface area contributed by atoms with Crippen LogP contribution < -0.4 is 0 Å². The van der Waals surface area contributed by atoms with Crippen molar-refractivity contribution in [2.45, 2.75) is 31.1 Å². The summed E-state index contributed by atoms with van der Waals surface area (Å²) in [6.45, 7) is 1.74. The van der Waals surface area contributed by atoms with Crippen LogP contribution >= 0.6 is 11.6 Å². The summed E-state index contributed by atoms with van der Waals surface area (Å²) in [6, 6.07) is 7.80. The molecule has 2 aromatic rings. The highest BCUT2D eigenvalue weighted by molar-refractivity contribution is 6.30. The third-order valence-corrected chi connectivity index (χ3v) is 5.66. The molecule has 2 heterocycles. The molecule has 4 nitrogen and oxygen atoms in total. The van der Waals surface area contributed by atoms with Gasteiger partial charge in [-0.3, -0.25) is 9.48 Å². The van der Waals surface area contributed by atoms with Crippen LogP contribution in [-0.4, -0.2) is 33.7 Å². The van der Waals surface area contributed by atoms with Crippen molar-refractivity contribution in [3.05, 3.63) is 52.8 Å². The number of carbonyl (C=O) groups is 1. The highest BCUT2D eigenvalue weighted by Gasteiger charge is 2.53. The summed E-state index contributed by atoms with van der Waals surface area (Å²) >= 11 is 5.98. The molecule has 2 fully saturated rings. The Balaban J connectivity index is 1.43. The number of hydrogen-bond acceptors (Lipinski definition) is 2. The molecule has 0 unspecified atom stereocenters. The van der Waals surface area contributed by atoms with Gasteiger partial charge < -0.3 is 4.90 Å². The molecule has 24 heavy (non-hydrogen) atoms. The summed E-state index contributed by atoms with van der Waals surface area (Å²) in [7, 11) is 1.94. The van der Waals surface area contributed by atoms with Crippen LogP contribution in [0, 0.1) is 5.92 Å². The second kappa shape index (κ2) is 5.92. The molecule has 1 aliphatic heterocycles. The average Bonchev–Trinajstić information content (AvgIpc) is 3.08. The van der Waals surface area contributed by atoms with Crippen molar-refractivity contribution < 1.29 is 4.79 Å². The van der Waals surface area contributed by atoms with E-state index >= 15 is 0 Å². The molecule has 1 aromatic heterocycles. The van der Waals surface area contributed by atoms with Gasteiger partial charge in [-0.2, -0.15) is 5.10 Å². The molecule has 1 aromatic carbocycles. The molecule has 5 heteroatoms. The van der Waals surface area contributed by atoms with E-state index in [2.05, 4.69) is 16.2 Å². The molecule has 0 radical (unpaired) electrons. The number of aromatic nitrogens is 2. The van der Waals surface area contributed by atoms with Gasteiger partial charge in [0.2, 0.25) is 5.91 Å². The van der Waals surface area contributed by atoms with Crippen molar-refractivity contribution in [3.63, 3.8) is 0 Å². The van der Waals surface area contributed by atoms with Gasteiger partial charge in [0.25, 0.3) is 0 Å². The van der Waals surface area contributed by atoms with Gasteiger partial charge in [-0.05, 0) is 54.9 Å². The highest BCUT2D eigenvalue weighted by Crippen LogP contribution is 2.50. The molecule has 0 N–H and O–H groups in total. The third-order valence-electron chi connectivity index (χ3n) is 5.41. The number of hydrogen-bond donors (Lipinski definition) is 0. The van der Waals surface area contributed by atoms with Gasteiger partial charge in [-0.15, -0.1) is 0 Å². The van der Waals surface area contributed by atoms with Crippen molar-refractivity contribution in [1.82, 2.24) is 14.7 Å². The van der Waals surface area contributed by atoms with E-state index in [1.807, 2.05) is 42.2 Å². The van der Waals surface area contributed by atoms with Crippen molar-refractivity contribution in [3.8, 4) is 0 Å². The van der Waals surface area contributed by atoms with Gasteiger partial charge in [0.05, 0.1) is 11.6 Å². The summed E-state index contributed by atoms with van der Waals surface area (Å²) in [6.07, 6.45) is 8.00. The van der Waals surface area contributed by atoms with E-state index in [4.69, 9.17) is 11.6 Å². The molecule has 1 saturated carbocycles. The third kappa shape index (κ3) is 2.84. The average molecular weight is 344 g/mol. The first kappa shape index (κ1) is 15.7. The molecule has 0 spiro atoms. The lowest BCUT2D eigenvalue weighted by Crippen LogP contribution is -2.38. The highest BCUT2D eigenvalue weighted by atomic mass is 35.5. The maximum atomic E-state index is 13.1. The van der Waals surface area contributed by atoms with Crippen molar-refractivity contribution in [1.29, 1.82) is 0 Å². The Labute approximate surface area is 147 Å². The van der Waals surface area contributed by atoms with Crippen molar-refractivity contribution >= 4 is 17.5 Å². The van der Waals surface area contributed by atoms with E-state index in [9.17, 15) is 4.79 Å². The summed E-state index contributed by atoms with van der Waals surface area (Å²) in [5.74, 6) is 0.845. The van der Waals surface area contributed by atoms with Crippen LogP contribution in [0.15, 0.2) is 36.7 Å². The van der Waals surface area contributed by atoms with Crippen LogP contribution in [0.1, 0.15) is 30.4 Å². The van der Waals surface area contributed by atoms with E-state index in [0.29, 0.717) is 11.8 Å². The Morgan fingerprint density at radius 2 is 2.08 bits per heavy atom. The van der Waals surface area contributed by atoms with E-state index in [1.54, 1.807) is 0 Å². The van der Waals surface area contributed by atoms with Gasteiger partial charge in [0.15, 0.2) is 0 Å². The molecular weight excluding hydrogens is 322 g/mol. The largest absolute Gasteiger partial charge is 0.342 e. The number of amides is 1. The quantitative estimate of drug-likeness (QED) is 0.855. The summed E-state index contributed by atoms with van der Waals surface area (Å²) in [5, 5.41) is 4.96.